The number of carboxylic acids is 1. The van der Waals surface area contributed by atoms with Crippen LogP contribution in [0.15, 0.2) is 17.1 Å². The Morgan fingerprint density at radius 3 is 2.60 bits per heavy atom. The summed E-state index contributed by atoms with van der Waals surface area (Å²) in [5.74, 6) is -2.98. The van der Waals surface area contributed by atoms with E-state index in [-0.39, 0.29) is 24.1 Å². The standard InChI is InChI=1S/C16H21N5O2.C2HF3O2/c1-9-5-10(2)20-16(23)12(9)7-18-15(22)13-8-19-21-4-3-11(17)6-14(13)21;3-2(4,5)1(6)7/h5,8,11H,3-4,6-7,17H2,1-2H3,(H,18,22)(H,20,23);(H,6,7). The lowest BCUT2D eigenvalue weighted by atomic mass is 10.0. The van der Waals surface area contributed by atoms with Crippen LogP contribution in [-0.2, 0) is 24.3 Å². The normalized spacial score (nSPS) is 15.6. The van der Waals surface area contributed by atoms with Gasteiger partial charge in [-0.25, -0.2) is 4.79 Å². The van der Waals surface area contributed by atoms with Gasteiger partial charge >= 0.3 is 12.1 Å². The molecule has 164 valence electrons. The number of aliphatic carboxylic acids is 1. The Morgan fingerprint density at radius 2 is 2.03 bits per heavy atom. The molecular formula is C18H22F3N5O4. The molecule has 0 saturated heterocycles. The molecule has 0 aliphatic carbocycles. The molecule has 0 aromatic carbocycles. The number of nitrogens with one attached hydrogen (secondary N) is 2. The molecule has 9 nitrogen and oxygen atoms in total. The maximum Gasteiger partial charge on any atom is 0.490 e. The molecule has 0 bridgehead atoms. The molecule has 2 aromatic rings. The first-order valence-corrected chi connectivity index (χ1v) is 8.98. The number of aromatic amines is 1. The Balaban J connectivity index is 0.000000396. The summed E-state index contributed by atoms with van der Waals surface area (Å²) in [6, 6.07) is 1.96. The van der Waals surface area contributed by atoms with Crippen LogP contribution in [0, 0.1) is 13.8 Å². The topological polar surface area (TPSA) is 143 Å². The van der Waals surface area contributed by atoms with Crippen LogP contribution < -0.4 is 16.6 Å². The van der Waals surface area contributed by atoms with Gasteiger partial charge in [0.25, 0.3) is 11.5 Å². The van der Waals surface area contributed by atoms with E-state index in [2.05, 4.69) is 15.4 Å². The molecule has 30 heavy (non-hydrogen) atoms. The zero-order valence-electron chi connectivity index (χ0n) is 16.3. The van der Waals surface area contributed by atoms with Crippen molar-refractivity contribution in [3.8, 4) is 0 Å². The lowest BCUT2D eigenvalue weighted by Crippen LogP contribution is -2.33. The number of nitrogens with zero attached hydrogens (tertiary/aromatic N) is 2. The van der Waals surface area contributed by atoms with Gasteiger partial charge in [-0.05, 0) is 31.9 Å². The first kappa shape index (κ1) is 23.1. The van der Waals surface area contributed by atoms with Gasteiger partial charge in [-0.15, -0.1) is 0 Å². The number of H-pyrrole nitrogens is 1. The molecule has 1 unspecified atom stereocenters. The maximum absolute atomic E-state index is 12.4. The van der Waals surface area contributed by atoms with Gasteiger partial charge in [-0.1, -0.05) is 0 Å². The van der Waals surface area contributed by atoms with Crippen LogP contribution in [0.3, 0.4) is 0 Å². The number of fused-ring (bicyclic) bond motifs is 1. The molecule has 0 fully saturated rings. The largest absolute Gasteiger partial charge is 0.490 e. The van der Waals surface area contributed by atoms with Crippen LogP contribution >= 0.6 is 0 Å². The van der Waals surface area contributed by atoms with Crippen LogP contribution in [0.1, 0.15) is 39.3 Å². The van der Waals surface area contributed by atoms with Crippen LogP contribution in [0.4, 0.5) is 13.2 Å². The molecular weight excluding hydrogens is 407 g/mol. The summed E-state index contributed by atoms with van der Waals surface area (Å²) >= 11 is 0. The molecule has 1 aliphatic heterocycles. The van der Waals surface area contributed by atoms with E-state index in [1.807, 2.05) is 24.6 Å². The Labute approximate surface area is 169 Å². The predicted molar refractivity (Wildman–Crippen MR) is 99.9 cm³/mol. The number of hydrogen-bond donors (Lipinski definition) is 4. The van der Waals surface area contributed by atoms with Gasteiger partial charge in [0.2, 0.25) is 0 Å². The molecule has 1 atom stereocenters. The fourth-order valence-corrected chi connectivity index (χ4v) is 3.01. The minimum absolute atomic E-state index is 0.0629. The smallest absolute Gasteiger partial charge is 0.475 e. The van der Waals surface area contributed by atoms with Crippen molar-refractivity contribution in [2.45, 2.75) is 52.0 Å². The number of pyridine rings is 1. The van der Waals surface area contributed by atoms with Crippen molar-refractivity contribution in [2.75, 3.05) is 0 Å². The summed E-state index contributed by atoms with van der Waals surface area (Å²) in [4.78, 5) is 36.1. The second-order valence-corrected chi connectivity index (χ2v) is 6.91. The van der Waals surface area contributed by atoms with Gasteiger partial charge in [0, 0.05) is 36.8 Å². The minimum Gasteiger partial charge on any atom is -0.475 e. The monoisotopic (exact) mass is 429 g/mol. The SMILES string of the molecule is Cc1cc(C)c(CNC(=O)c2cnn3c2CC(N)CC3)c(=O)[nH]1.O=C(O)C(F)(F)F. The van der Waals surface area contributed by atoms with Crippen LogP contribution in [0.5, 0.6) is 0 Å². The lowest BCUT2D eigenvalue weighted by molar-refractivity contribution is -0.192. The minimum atomic E-state index is -5.08. The molecule has 3 heterocycles. The quantitative estimate of drug-likeness (QED) is 0.574. The number of rotatable bonds is 3. The number of nitrogens with two attached hydrogens (primary N) is 1. The number of amides is 1. The zero-order valence-corrected chi connectivity index (χ0v) is 16.3. The predicted octanol–water partition coefficient (Wildman–Crippen LogP) is 1.03. The van der Waals surface area contributed by atoms with Crippen LogP contribution in [-0.4, -0.2) is 44.0 Å². The number of aryl methyl sites for hydroxylation is 3. The van der Waals surface area contributed by atoms with Crippen molar-refractivity contribution in [2.24, 2.45) is 5.73 Å². The molecule has 0 spiro atoms. The van der Waals surface area contributed by atoms with Crippen molar-refractivity contribution in [3.63, 3.8) is 0 Å². The summed E-state index contributed by atoms with van der Waals surface area (Å²) in [6.07, 6.45) is -1.99. The van der Waals surface area contributed by atoms with E-state index in [0.717, 1.165) is 29.9 Å². The highest BCUT2D eigenvalue weighted by atomic mass is 19.4. The summed E-state index contributed by atoms with van der Waals surface area (Å²) in [5.41, 5.74) is 9.47. The third-order valence-corrected chi connectivity index (χ3v) is 4.52. The molecule has 12 heteroatoms. The summed E-state index contributed by atoms with van der Waals surface area (Å²) < 4.78 is 33.6. The third-order valence-electron chi connectivity index (χ3n) is 4.52. The number of hydrogen-bond acceptors (Lipinski definition) is 5. The summed E-state index contributed by atoms with van der Waals surface area (Å²) in [5, 5.41) is 14.2. The van der Waals surface area contributed by atoms with Crippen LogP contribution in [0.25, 0.3) is 0 Å². The average Bonchev–Trinajstić information content (AvgIpc) is 3.03. The number of alkyl halides is 3. The summed E-state index contributed by atoms with van der Waals surface area (Å²) in [7, 11) is 0. The molecule has 0 radical (unpaired) electrons. The van der Waals surface area contributed by atoms with Gasteiger partial charge in [-0.2, -0.15) is 18.3 Å². The Hall–Kier alpha value is -3.15. The lowest BCUT2D eigenvalue weighted by Gasteiger charge is -2.20. The fourth-order valence-electron chi connectivity index (χ4n) is 3.01. The zero-order chi connectivity index (χ0) is 22.6. The van der Waals surface area contributed by atoms with Gasteiger partial charge in [0.15, 0.2) is 0 Å². The van der Waals surface area contributed by atoms with Crippen molar-refractivity contribution in [1.29, 1.82) is 0 Å². The molecule has 3 rings (SSSR count). The Bertz CT molecular complexity index is 997. The third kappa shape index (κ3) is 5.69. The van der Waals surface area contributed by atoms with Crippen molar-refractivity contribution >= 4 is 11.9 Å². The summed E-state index contributed by atoms with van der Waals surface area (Å²) in [6.45, 7) is 4.63. The molecule has 5 N–H and O–H groups in total. The van der Waals surface area contributed by atoms with E-state index in [4.69, 9.17) is 15.6 Å². The maximum atomic E-state index is 12.4. The van der Waals surface area contributed by atoms with Gasteiger partial charge < -0.3 is 21.1 Å². The highest BCUT2D eigenvalue weighted by Gasteiger charge is 2.38. The van der Waals surface area contributed by atoms with E-state index in [0.29, 0.717) is 17.5 Å². The highest BCUT2D eigenvalue weighted by Crippen LogP contribution is 2.17. The van der Waals surface area contributed by atoms with E-state index < -0.39 is 12.1 Å². The van der Waals surface area contributed by atoms with Crippen molar-refractivity contribution in [3.05, 3.63) is 50.7 Å². The van der Waals surface area contributed by atoms with E-state index in [9.17, 15) is 22.8 Å². The fraction of sp³-hybridized carbons (Fsp3) is 0.444. The number of carboxylic acid groups (broad SMARTS) is 1. The number of carbonyl (C=O) groups excluding carboxylic acids is 1. The van der Waals surface area contributed by atoms with E-state index >= 15 is 0 Å². The van der Waals surface area contributed by atoms with Gasteiger partial charge in [-0.3, -0.25) is 14.3 Å². The van der Waals surface area contributed by atoms with Crippen LogP contribution in [0.2, 0.25) is 0 Å². The number of aromatic nitrogens is 3. The average molecular weight is 429 g/mol. The van der Waals surface area contributed by atoms with E-state index in [1.165, 1.54) is 0 Å². The van der Waals surface area contributed by atoms with Gasteiger partial charge in [0.1, 0.15) is 0 Å². The second kappa shape index (κ2) is 9.11. The van der Waals surface area contributed by atoms with E-state index in [1.54, 1.807) is 6.20 Å². The van der Waals surface area contributed by atoms with Crippen molar-refractivity contribution in [1.82, 2.24) is 20.1 Å². The molecule has 1 amide bonds. The van der Waals surface area contributed by atoms with Crippen molar-refractivity contribution < 1.29 is 27.9 Å². The Morgan fingerprint density at radius 1 is 1.40 bits per heavy atom. The first-order chi connectivity index (χ1) is 13.9. The molecule has 1 aliphatic rings. The first-order valence-electron chi connectivity index (χ1n) is 8.98. The molecule has 2 aromatic heterocycles. The second-order valence-electron chi connectivity index (χ2n) is 6.91. The molecule has 0 saturated carbocycles. The Kier molecular flexibility index (Phi) is 7.03. The highest BCUT2D eigenvalue weighted by molar-refractivity contribution is 5.95. The number of carbonyl (C=O) groups is 2. The van der Waals surface area contributed by atoms with Gasteiger partial charge in [0.05, 0.1) is 17.5 Å². The number of halogens is 3.